The Hall–Kier alpha value is -10.2. The van der Waals surface area contributed by atoms with Gasteiger partial charge in [-0.25, -0.2) is 13.1 Å². The molecule has 12 aliphatic rings. The van der Waals surface area contributed by atoms with Gasteiger partial charge in [-0.15, -0.1) is 0 Å². The summed E-state index contributed by atoms with van der Waals surface area (Å²) in [5.41, 5.74) is 3.07. The van der Waals surface area contributed by atoms with E-state index in [0.29, 0.717) is 30.6 Å². The summed E-state index contributed by atoms with van der Waals surface area (Å²) in [6, 6.07) is 7.00. The van der Waals surface area contributed by atoms with Gasteiger partial charge in [0.05, 0.1) is 47.8 Å². The zero-order valence-corrected chi connectivity index (χ0v) is 72.0. The van der Waals surface area contributed by atoms with Crippen LogP contribution in [0.2, 0.25) is 5.02 Å². The summed E-state index contributed by atoms with van der Waals surface area (Å²) in [6.07, 6.45) is -11.0. The van der Waals surface area contributed by atoms with Crippen molar-refractivity contribution in [3.05, 3.63) is 153 Å². The molecule has 0 radical (unpaired) electrons. The minimum absolute atomic E-state index is 0.0710. The number of nitrogens with two attached hydrogens (primary N) is 1. The largest absolute Gasteiger partial charge is 0.508 e. The number of rotatable bonds is 22. The molecule has 6 aromatic rings. The molecule has 6 aromatic carbocycles. The molecule has 127 heavy (non-hydrogen) atoms. The van der Waals surface area contributed by atoms with Gasteiger partial charge >= 0.3 is 0 Å². The van der Waals surface area contributed by atoms with Crippen LogP contribution in [0.25, 0.3) is 11.1 Å². The fraction of sp³-hybridized carbons (Fsp3) is 0.506. The number of unbranched alkanes of at least 4 members (excludes halogenated alkanes) is 3. The molecule has 682 valence electrons. The van der Waals surface area contributed by atoms with Gasteiger partial charge in [-0.1, -0.05) is 82.0 Å². The highest BCUT2D eigenvalue weighted by atomic mass is 35.5. The molecule has 0 aromatic heterocycles. The molecule has 0 spiro atoms. The first-order chi connectivity index (χ1) is 60.4. The quantitative estimate of drug-likeness (QED) is 0.0342. The zero-order chi connectivity index (χ0) is 90.7. The number of aromatic hydroxyl groups is 1. The minimum atomic E-state index is -4.91. The molecule has 18 atom stereocenters. The van der Waals surface area contributed by atoms with E-state index in [9.17, 15) is 64.0 Å². The predicted molar refractivity (Wildman–Crippen MR) is 450 cm³/mol. The van der Waals surface area contributed by atoms with Gasteiger partial charge in [0.2, 0.25) is 65.1 Å². The molecular formula is C89H107ClN10O26S. The van der Waals surface area contributed by atoms with Crippen LogP contribution in [-0.4, -0.2) is 207 Å². The van der Waals surface area contributed by atoms with E-state index in [2.05, 4.69) is 42.5 Å². The predicted octanol–water partition coefficient (Wildman–Crippen LogP) is 3.38. The lowest BCUT2D eigenvalue weighted by Gasteiger charge is -2.54. The first-order valence-corrected chi connectivity index (χ1v) is 44.7. The number of carbonyl (C=O) groups excluding carboxylic acids is 8. The number of halogens is 1. The fourth-order valence-corrected chi connectivity index (χ4v) is 20.5. The van der Waals surface area contributed by atoms with Crippen molar-refractivity contribution in [3.63, 3.8) is 0 Å². The molecule has 8 amide bonds. The molecule has 7 aliphatic heterocycles. The van der Waals surface area contributed by atoms with Crippen molar-refractivity contribution in [2.75, 3.05) is 20.3 Å². The Kier molecular flexibility index (Phi) is 26.7. The normalized spacial score (nSPS) is 30.9. The fourth-order valence-electron chi connectivity index (χ4n) is 19.3. The van der Waals surface area contributed by atoms with Crippen LogP contribution in [0.1, 0.15) is 181 Å². The van der Waals surface area contributed by atoms with Gasteiger partial charge in [-0.2, -0.15) is 0 Å². The minimum Gasteiger partial charge on any atom is -0.508 e. The van der Waals surface area contributed by atoms with Crippen LogP contribution in [0.5, 0.6) is 40.2 Å². The van der Waals surface area contributed by atoms with Crippen LogP contribution >= 0.6 is 11.6 Å². The number of nitrogens with one attached hydrogen (secondary N) is 9. The van der Waals surface area contributed by atoms with Gasteiger partial charge in [0.25, 0.3) is 10.0 Å². The van der Waals surface area contributed by atoms with E-state index in [0.717, 1.165) is 93.8 Å². The monoisotopic (exact) mass is 1800 g/mol. The summed E-state index contributed by atoms with van der Waals surface area (Å²) in [5, 5.41) is 129. The second-order valence-corrected chi connectivity index (χ2v) is 37.5. The van der Waals surface area contributed by atoms with Crippen LogP contribution in [0.4, 0.5) is 0 Å². The molecule has 36 nitrogen and oxygen atoms in total. The van der Waals surface area contributed by atoms with Gasteiger partial charge in [0.1, 0.15) is 89.8 Å². The second-order valence-electron chi connectivity index (χ2n) is 35.4. The summed E-state index contributed by atoms with van der Waals surface area (Å²) in [6.45, 7) is 8.03. The van der Waals surface area contributed by atoms with Crippen LogP contribution in [0.3, 0.4) is 0 Å². The number of likely N-dealkylation sites (N-methyl/N-ethyl adjacent to an activating group) is 1. The van der Waals surface area contributed by atoms with E-state index in [4.69, 9.17) is 50.5 Å². The summed E-state index contributed by atoms with van der Waals surface area (Å²) in [4.78, 5) is 125. The highest BCUT2D eigenvalue weighted by Gasteiger charge is 2.54. The average molecular weight is 1800 g/mol. The van der Waals surface area contributed by atoms with E-state index in [1.54, 1.807) is 0 Å². The van der Waals surface area contributed by atoms with Crippen molar-refractivity contribution in [1.82, 2.24) is 47.3 Å². The van der Waals surface area contributed by atoms with Crippen LogP contribution in [0.15, 0.2) is 114 Å². The Morgan fingerprint density at radius 1 is 0.693 bits per heavy atom. The van der Waals surface area contributed by atoms with Crippen molar-refractivity contribution in [2.45, 2.75) is 238 Å². The second kappa shape index (κ2) is 37.1. The number of phenols is 1. The summed E-state index contributed by atoms with van der Waals surface area (Å²) >= 11 is 7.23. The maximum absolute atomic E-state index is 16.7. The summed E-state index contributed by atoms with van der Waals surface area (Å²) < 4.78 is 75.6. The molecule has 2 saturated heterocycles. The van der Waals surface area contributed by atoms with E-state index in [1.807, 2.05) is 25.5 Å². The van der Waals surface area contributed by atoms with Gasteiger partial charge < -0.3 is 127 Å². The highest BCUT2D eigenvalue weighted by molar-refractivity contribution is 7.90. The standard InChI is InChI=1S/C89H107ClN10O26S/c1-7-8-9-10-23-120-50-17-19-52(20-18-50)127(118,119)100-64(103)36-59-81(110)95-69-48-32-61(77(126-87-78(76(107)75(106)63(38-101)124-87)125-65-37-88(5,91)79(108)40(4)121-65)62(33-48)123-60-22-14-45(31-57(60)90)74(105)72(85(114)93-59)98-80(109)58(92-6)24-39(2)3)122-51-15-11-43(12-16-51)73(104)71-86(115)97-70(84(113)94-67-46-26-41-25-42(28-46)29-47(67)27-41)54-34-49(102)35-56-66(54)53-30-44(13-21-55(53)89(56,116)117)68(82(111)99-71)96-83(69)112/h11-22,30-35,39-42,46-47,58-59,63,65,67-76,78-79,87,92,101-102,104-108,116-117H,7-10,23-29,36-38,91H2,1-6H3,(H,93,114)(H,94,113)(H,95,110)(H,96,112)(H,97,115)(H,98,109)(H,99,111)(H,100,103)/t40-,41?,42?,46?,47?,58+,59-,63+,65-,67?,68+,69+,70-,71-,72+,73+,74+,75+,76-,78+,79+,87-,88-/m0/s1. The molecule has 38 heteroatoms. The van der Waals surface area contributed by atoms with Gasteiger partial charge in [-0.05, 0) is 213 Å². The maximum atomic E-state index is 16.7. The van der Waals surface area contributed by atoms with Crippen molar-refractivity contribution in [1.29, 1.82) is 0 Å². The van der Waals surface area contributed by atoms with Crippen molar-refractivity contribution < 1.29 is 126 Å². The van der Waals surface area contributed by atoms with Crippen LogP contribution < -0.4 is 71.9 Å². The number of fused-ring (bicyclic) bond motifs is 12. The third-order valence-electron chi connectivity index (χ3n) is 25.7. The number of amides is 8. The van der Waals surface area contributed by atoms with Crippen molar-refractivity contribution >= 4 is 68.9 Å². The third-order valence-corrected chi connectivity index (χ3v) is 27.4. The highest BCUT2D eigenvalue weighted by Crippen LogP contribution is 2.56. The lowest BCUT2D eigenvalue weighted by Crippen LogP contribution is -2.64. The number of hydrogen-bond donors (Lipinski definition) is 19. The smallest absolute Gasteiger partial charge is 0.264 e. The lowest BCUT2D eigenvalue weighted by atomic mass is 9.54. The Morgan fingerprint density at radius 3 is 2.02 bits per heavy atom. The Balaban J connectivity index is 0.909. The average Bonchev–Trinajstić information content (AvgIpc) is 1.56. The number of sulfonamides is 1. The maximum Gasteiger partial charge on any atom is 0.264 e. The molecule has 0 unspecified atom stereocenters. The number of ether oxygens (including phenoxy) is 7. The first-order valence-electron chi connectivity index (χ1n) is 42.8. The zero-order valence-electron chi connectivity index (χ0n) is 70.4. The van der Waals surface area contributed by atoms with Crippen molar-refractivity contribution in [3.8, 4) is 51.4 Å². The van der Waals surface area contributed by atoms with Gasteiger partial charge in [-0.3, -0.25) is 38.4 Å². The summed E-state index contributed by atoms with van der Waals surface area (Å²) in [7, 11) is -3.44. The molecule has 7 heterocycles. The van der Waals surface area contributed by atoms with Gasteiger partial charge in [0.15, 0.2) is 23.9 Å². The van der Waals surface area contributed by atoms with Gasteiger partial charge in [0, 0.05) is 29.1 Å². The molecule has 6 fully saturated rings. The molecule has 18 rings (SSSR count). The Labute approximate surface area is 736 Å². The molecule has 4 saturated carbocycles. The number of hydrogen-bond acceptors (Lipinski definition) is 28. The van der Waals surface area contributed by atoms with Crippen LogP contribution in [-0.2, 0) is 68.4 Å². The topological polar surface area (TPSA) is 552 Å². The van der Waals surface area contributed by atoms with Crippen molar-refractivity contribution in [2.24, 2.45) is 35.3 Å². The lowest BCUT2D eigenvalue weighted by molar-refractivity contribution is -0.333. The number of aliphatic hydroxyl groups excluding tert-OH is 6. The Bertz CT molecular complexity index is 5290. The number of aliphatic hydroxyl groups is 8. The third kappa shape index (κ3) is 19.0. The summed E-state index contributed by atoms with van der Waals surface area (Å²) in [5.74, 6) is -14.8. The molecule has 15 bridgehead atoms. The molecule has 5 aliphatic carbocycles. The van der Waals surface area contributed by atoms with E-state index in [-0.39, 0.29) is 97.7 Å². The number of benzene rings is 6. The van der Waals surface area contributed by atoms with E-state index >= 15 is 28.8 Å². The Morgan fingerprint density at radius 2 is 1.35 bits per heavy atom. The number of carbonyl (C=O) groups is 8. The van der Waals surface area contributed by atoms with Crippen LogP contribution in [0, 0.1) is 29.6 Å². The van der Waals surface area contributed by atoms with E-state index in [1.165, 1.54) is 87.6 Å². The number of phenolic OH excluding ortho intramolecular Hbond substituents is 1. The SMILES string of the molecule is CCCCCCOc1ccc(S(=O)(=O)NC(=O)C[C@@H]2NC(=O)[C@H](NC(=O)[C@@H](CC(C)C)NC)[C@H](O)c3ccc(c(Cl)c3)Oc3cc4cc(c3O[C@@H]3O[C@H](CO)[C@@H](O)[C@H](O)[C@H]3O[C@H]3C[C@](C)(N)[C@H](O)[C@H](C)O3)Oc3ccc(cc3)[C@@H](O)[C@@H]3NC(=O)[C@H](NC(=O)[C@@H]4NC2=O)c2ccc4c(c2)-c2c(cc(O)cc2C4(O)O)[C@@H](C(=O)NC2C4CC5CC(C4)CC2C5)NC3=O)cc1. The van der Waals surface area contributed by atoms with E-state index < -0.39 is 219 Å². The molecular weight excluding hydrogens is 1690 g/mol. The molecule has 20 N–H and O–H groups in total. The first kappa shape index (κ1) is 91.5.